The molecule has 2 aromatic heterocycles. The SMILES string of the molecule is CCCSc1nnc(-c2cccs2)n1CCC(N)=O. The number of amides is 1. The third-order valence-corrected chi connectivity index (χ3v) is 4.51. The molecule has 2 aromatic rings. The van der Waals surface area contributed by atoms with Gasteiger partial charge < -0.3 is 10.3 Å². The van der Waals surface area contributed by atoms with Crippen molar-refractivity contribution in [3.8, 4) is 10.7 Å². The number of primary amides is 1. The molecule has 0 aliphatic rings. The molecule has 0 unspecified atom stereocenters. The van der Waals surface area contributed by atoms with Gasteiger partial charge >= 0.3 is 0 Å². The minimum absolute atomic E-state index is 0.302. The van der Waals surface area contributed by atoms with E-state index in [1.54, 1.807) is 23.1 Å². The van der Waals surface area contributed by atoms with E-state index in [-0.39, 0.29) is 5.91 Å². The van der Waals surface area contributed by atoms with Crippen molar-refractivity contribution in [2.24, 2.45) is 5.73 Å². The highest BCUT2D eigenvalue weighted by molar-refractivity contribution is 7.99. The van der Waals surface area contributed by atoms with Crippen LogP contribution >= 0.6 is 23.1 Å². The first-order chi connectivity index (χ1) is 9.22. The molecule has 0 aliphatic carbocycles. The first-order valence-electron chi connectivity index (χ1n) is 6.10. The highest BCUT2D eigenvalue weighted by Crippen LogP contribution is 2.27. The zero-order valence-electron chi connectivity index (χ0n) is 10.7. The fourth-order valence-electron chi connectivity index (χ4n) is 1.60. The Balaban J connectivity index is 2.26. The van der Waals surface area contributed by atoms with E-state index in [0.29, 0.717) is 13.0 Å². The van der Waals surface area contributed by atoms with E-state index in [1.807, 2.05) is 22.1 Å². The van der Waals surface area contributed by atoms with Crippen LogP contribution in [-0.4, -0.2) is 26.4 Å². The summed E-state index contributed by atoms with van der Waals surface area (Å²) in [7, 11) is 0. The number of rotatable bonds is 7. The third kappa shape index (κ3) is 3.57. The average Bonchev–Trinajstić information content (AvgIpc) is 3.02. The number of aromatic nitrogens is 3. The predicted molar refractivity (Wildman–Crippen MR) is 78.2 cm³/mol. The summed E-state index contributed by atoms with van der Waals surface area (Å²) >= 11 is 3.27. The van der Waals surface area contributed by atoms with Crippen molar-refractivity contribution in [3.05, 3.63) is 17.5 Å². The lowest BCUT2D eigenvalue weighted by atomic mass is 10.4. The van der Waals surface area contributed by atoms with Crippen LogP contribution in [0, 0.1) is 0 Å². The number of nitrogens with zero attached hydrogens (tertiary/aromatic N) is 3. The Labute approximate surface area is 120 Å². The van der Waals surface area contributed by atoms with Gasteiger partial charge in [0.2, 0.25) is 5.91 Å². The van der Waals surface area contributed by atoms with Gasteiger partial charge in [-0.05, 0) is 17.9 Å². The molecule has 0 aliphatic heterocycles. The smallest absolute Gasteiger partial charge is 0.219 e. The maximum absolute atomic E-state index is 11.0. The Bertz CT molecular complexity index is 536. The topological polar surface area (TPSA) is 73.8 Å². The minimum atomic E-state index is -0.308. The van der Waals surface area contributed by atoms with Crippen molar-refractivity contribution < 1.29 is 4.79 Å². The monoisotopic (exact) mass is 296 g/mol. The maximum atomic E-state index is 11.0. The Morgan fingerprint density at radius 2 is 2.37 bits per heavy atom. The number of hydrogen-bond donors (Lipinski definition) is 1. The third-order valence-electron chi connectivity index (χ3n) is 2.48. The molecule has 0 saturated carbocycles. The molecule has 2 heterocycles. The summed E-state index contributed by atoms with van der Waals surface area (Å²) in [5.74, 6) is 1.49. The van der Waals surface area contributed by atoms with Gasteiger partial charge in [-0.2, -0.15) is 0 Å². The van der Waals surface area contributed by atoms with Crippen molar-refractivity contribution in [2.45, 2.75) is 31.5 Å². The van der Waals surface area contributed by atoms with Crippen LogP contribution in [0.1, 0.15) is 19.8 Å². The number of carbonyl (C=O) groups excluding carboxylic acids is 1. The van der Waals surface area contributed by atoms with Crippen LogP contribution in [-0.2, 0) is 11.3 Å². The van der Waals surface area contributed by atoms with Crippen LogP contribution < -0.4 is 5.73 Å². The molecule has 0 spiro atoms. The minimum Gasteiger partial charge on any atom is -0.370 e. The zero-order valence-corrected chi connectivity index (χ0v) is 12.3. The second-order valence-corrected chi connectivity index (χ2v) is 6.01. The van der Waals surface area contributed by atoms with Gasteiger partial charge in [0.25, 0.3) is 0 Å². The number of thioether (sulfide) groups is 1. The lowest BCUT2D eigenvalue weighted by molar-refractivity contribution is -0.118. The fourth-order valence-corrected chi connectivity index (χ4v) is 3.14. The van der Waals surface area contributed by atoms with E-state index in [1.165, 1.54) is 0 Å². The highest BCUT2D eigenvalue weighted by Gasteiger charge is 2.15. The van der Waals surface area contributed by atoms with E-state index in [4.69, 9.17) is 5.73 Å². The first-order valence-corrected chi connectivity index (χ1v) is 7.97. The van der Waals surface area contributed by atoms with Crippen LogP contribution in [0.15, 0.2) is 22.7 Å². The maximum Gasteiger partial charge on any atom is 0.219 e. The number of thiophene rings is 1. The molecule has 19 heavy (non-hydrogen) atoms. The van der Waals surface area contributed by atoms with Crippen LogP contribution in [0.25, 0.3) is 10.7 Å². The predicted octanol–water partition coefficient (Wildman–Crippen LogP) is 2.38. The van der Waals surface area contributed by atoms with Gasteiger partial charge in [-0.3, -0.25) is 4.79 Å². The number of hydrogen-bond acceptors (Lipinski definition) is 5. The van der Waals surface area contributed by atoms with E-state index in [0.717, 1.165) is 28.0 Å². The molecular formula is C12H16N4OS2. The summed E-state index contributed by atoms with van der Waals surface area (Å²) < 4.78 is 1.98. The lowest BCUT2D eigenvalue weighted by Gasteiger charge is -2.07. The largest absolute Gasteiger partial charge is 0.370 e. The lowest BCUT2D eigenvalue weighted by Crippen LogP contribution is -2.14. The molecule has 0 radical (unpaired) electrons. The first kappa shape index (κ1) is 14.1. The molecule has 0 aromatic carbocycles. The molecule has 0 atom stereocenters. The molecule has 0 bridgehead atoms. The zero-order chi connectivity index (χ0) is 13.7. The van der Waals surface area contributed by atoms with Crippen LogP contribution in [0.5, 0.6) is 0 Å². The van der Waals surface area contributed by atoms with Gasteiger partial charge in [0.1, 0.15) is 0 Å². The average molecular weight is 296 g/mol. The molecule has 2 rings (SSSR count). The van der Waals surface area contributed by atoms with Gasteiger partial charge in [0.05, 0.1) is 4.88 Å². The molecule has 5 nitrogen and oxygen atoms in total. The van der Waals surface area contributed by atoms with Gasteiger partial charge in [-0.1, -0.05) is 24.8 Å². The molecule has 2 N–H and O–H groups in total. The van der Waals surface area contributed by atoms with Gasteiger partial charge in [-0.15, -0.1) is 21.5 Å². The van der Waals surface area contributed by atoms with Gasteiger partial charge in [0, 0.05) is 18.7 Å². The van der Waals surface area contributed by atoms with Crippen LogP contribution in [0.4, 0.5) is 0 Å². The van der Waals surface area contributed by atoms with Crippen molar-refractivity contribution >= 4 is 29.0 Å². The Morgan fingerprint density at radius 3 is 3.00 bits per heavy atom. The standard InChI is InChI=1S/C12H16N4OS2/c1-2-7-19-12-15-14-11(9-4-3-8-18-9)16(12)6-5-10(13)17/h3-4,8H,2,5-7H2,1H3,(H2,13,17). The summed E-state index contributed by atoms with van der Waals surface area (Å²) in [6.45, 7) is 2.65. The summed E-state index contributed by atoms with van der Waals surface area (Å²) in [6.07, 6.45) is 1.37. The summed E-state index contributed by atoms with van der Waals surface area (Å²) in [5.41, 5.74) is 5.23. The Kier molecular flexibility index (Phi) is 4.98. The quantitative estimate of drug-likeness (QED) is 0.796. The van der Waals surface area contributed by atoms with Crippen molar-refractivity contribution in [2.75, 3.05) is 5.75 Å². The number of nitrogens with two attached hydrogens (primary N) is 1. The van der Waals surface area contributed by atoms with Crippen molar-refractivity contribution in [1.29, 1.82) is 0 Å². The van der Waals surface area contributed by atoms with E-state index >= 15 is 0 Å². The molecule has 102 valence electrons. The Morgan fingerprint density at radius 1 is 1.53 bits per heavy atom. The molecular weight excluding hydrogens is 280 g/mol. The fraction of sp³-hybridized carbons (Fsp3) is 0.417. The highest BCUT2D eigenvalue weighted by atomic mass is 32.2. The number of carbonyl (C=O) groups is 1. The molecule has 0 saturated heterocycles. The van der Waals surface area contributed by atoms with Crippen molar-refractivity contribution in [1.82, 2.24) is 14.8 Å². The van der Waals surface area contributed by atoms with Gasteiger partial charge in [-0.25, -0.2) is 0 Å². The normalized spacial score (nSPS) is 10.8. The summed E-state index contributed by atoms with van der Waals surface area (Å²) in [5, 5.41) is 11.3. The van der Waals surface area contributed by atoms with Crippen LogP contribution in [0.2, 0.25) is 0 Å². The Hall–Kier alpha value is -1.34. The molecule has 7 heteroatoms. The van der Waals surface area contributed by atoms with Gasteiger partial charge in [0.15, 0.2) is 11.0 Å². The molecule has 0 fully saturated rings. The van der Waals surface area contributed by atoms with Crippen molar-refractivity contribution in [3.63, 3.8) is 0 Å². The second kappa shape index (κ2) is 6.72. The summed E-state index contributed by atoms with van der Waals surface area (Å²) in [4.78, 5) is 12.0. The molecule has 1 amide bonds. The van der Waals surface area contributed by atoms with E-state index in [2.05, 4.69) is 17.1 Å². The van der Waals surface area contributed by atoms with Crippen LogP contribution in [0.3, 0.4) is 0 Å². The summed E-state index contributed by atoms with van der Waals surface area (Å²) in [6, 6.07) is 3.98. The second-order valence-electron chi connectivity index (χ2n) is 4.00. The van der Waals surface area contributed by atoms with E-state index in [9.17, 15) is 4.79 Å². The van der Waals surface area contributed by atoms with E-state index < -0.39 is 0 Å².